The van der Waals surface area contributed by atoms with Gasteiger partial charge in [-0.1, -0.05) is 82.6 Å². The van der Waals surface area contributed by atoms with Crippen molar-refractivity contribution >= 4 is 10.1 Å². The topological polar surface area (TPSA) is 63.6 Å². The van der Waals surface area contributed by atoms with Gasteiger partial charge in [0.1, 0.15) is 16.4 Å². The fourth-order valence-corrected chi connectivity index (χ4v) is 3.89. The maximum absolute atomic E-state index is 11.5. The molecule has 1 N–H and O–H groups in total. The van der Waals surface area contributed by atoms with E-state index in [0.717, 1.165) is 12.8 Å². The van der Waals surface area contributed by atoms with Gasteiger partial charge in [0.15, 0.2) is 0 Å². The van der Waals surface area contributed by atoms with Crippen molar-refractivity contribution in [1.29, 1.82) is 0 Å². The number of rotatable bonds is 13. The zero-order valence-electron chi connectivity index (χ0n) is 16.8. The van der Waals surface area contributed by atoms with Crippen LogP contribution < -0.4 is 4.74 Å². The van der Waals surface area contributed by atoms with Crippen LogP contribution in [0.2, 0.25) is 0 Å². The summed E-state index contributed by atoms with van der Waals surface area (Å²) in [5.41, 5.74) is 1.17. The van der Waals surface area contributed by atoms with E-state index in [1.165, 1.54) is 69.1 Å². The van der Waals surface area contributed by atoms with Gasteiger partial charge in [0, 0.05) is 0 Å². The van der Waals surface area contributed by atoms with Crippen LogP contribution in [-0.4, -0.2) is 13.0 Å². The largest absolute Gasteiger partial charge is 0.456 e. The predicted molar refractivity (Wildman–Crippen MR) is 114 cm³/mol. The zero-order valence-corrected chi connectivity index (χ0v) is 17.6. The Morgan fingerprint density at radius 3 is 2.14 bits per heavy atom. The predicted octanol–water partition coefficient (Wildman–Crippen LogP) is 6.80. The number of hydrogen-bond donors (Lipinski definition) is 1. The van der Waals surface area contributed by atoms with Gasteiger partial charge in [-0.2, -0.15) is 8.42 Å². The first-order chi connectivity index (χ1) is 13.5. The molecular weight excluding hydrogens is 372 g/mol. The molecule has 0 radical (unpaired) electrons. The summed E-state index contributed by atoms with van der Waals surface area (Å²) < 4.78 is 38.0. The number of aryl methyl sites for hydroxylation is 1. The molecule has 0 saturated carbocycles. The minimum atomic E-state index is -4.32. The molecule has 0 aliphatic carbocycles. The Bertz CT molecular complexity index is 815. The molecule has 0 spiro atoms. The van der Waals surface area contributed by atoms with Crippen molar-refractivity contribution in [3.05, 3.63) is 54.1 Å². The lowest BCUT2D eigenvalue weighted by atomic mass is 10.0. The molecule has 0 atom stereocenters. The highest BCUT2D eigenvalue weighted by atomic mass is 32.2. The average molecular weight is 405 g/mol. The summed E-state index contributed by atoms with van der Waals surface area (Å²) in [4.78, 5) is -0.223. The Balaban J connectivity index is 1.80. The maximum atomic E-state index is 11.5. The van der Waals surface area contributed by atoms with Gasteiger partial charge in [-0.25, -0.2) is 0 Å². The number of hydrogen-bond acceptors (Lipinski definition) is 3. The molecule has 0 bridgehead atoms. The van der Waals surface area contributed by atoms with Crippen molar-refractivity contribution in [2.75, 3.05) is 0 Å². The summed E-state index contributed by atoms with van der Waals surface area (Å²) in [6, 6.07) is 13.8. The second kappa shape index (κ2) is 11.9. The van der Waals surface area contributed by atoms with Gasteiger partial charge in [0.05, 0.1) is 0 Å². The van der Waals surface area contributed by atoms with Crippen LogP contribution in [0.1, 0.15) is 70.3 Å². The van der Waals surface area contributed by atoms with E-state index in [0.29, 0.717) is 5.75 Å². The highest BCUT2D eigenvalue weighted by Crippen LogP contribution is 2.29. The van der Waals surface area contributed by atoms with Crippen LogP contribution in [0, 0.1) is 0 Å². The molecule has 0 fully saturated rings. The minimum Gasteiger partial charge on any atom is -0.456 e. The Hall–Kier alpha value is -1.85. The van der Waals surface area contributed by atoms with Crippen molar-refractivity contribution in [1.82, 2.24) is 0 Å². The quantitative estimate of drug-likeness (QED) is 0.294. The van der Waals surface area contributed by atoms with E-state index in [-0.39, 0.29) is 10.6 Å². The summed E-state index contributed by atoms with van der Waals surface area (Å²) in [7, 11) is -4.32. The third-order valence-electron chi connectivity index (χ3n) is 4.82. The van der Waals surface area contributed by atoms with Gasteiger partial charge in [-0.05, 0) is 42.7 Å². The second-order valence-electron chi connectivity index (χ2n) is 7.25. The maximum Gasteiger partial charge on any atom is 0.298 e. The standard InChI is InChI=1S/C23H32O4S/c1-2-3-4-5-6-7-8-9-10-14-20-15-13-16-21(19-20)27-22-17-11-12-18-23(22)28(24,25)26/h11-13,15-19H,2-10,14H2,1H3,(H,24,25,26). The highest BCUT2D eigenvalue weighted by molar-refractivity contribution is 7.86. The molecule has 2 rings (SSSR count). The molecule has 5 heteroatoms. The molecule has 0 saturated heterocycles. The lowest BCUT2D eigenvalue weighted by Gasteiger charge is -2.10. The number of ether oxygens (including phenoxy) is 1. The molecule has 0 unspecified atom stereocenters. The summed E-state index contributed by atoms with van der Waals surface area (Å²) in [6.07, 6.45) is 12.7. The van der Waals surface area contributed by atoms with E-state index in [2.05, 4.69) is 13.0 Å². The molecule has 0 heterocycles. The normalized spacial score (nSPS) is 11.5. The molecule has 0 aromatic heterocycles. The van der Waals surface area contributed by atoms with E-state index >= 15 is 0 Å². The first-order valence-corrected chi connectivity index (χ1v) is 11.8. The highest BCUT2D eigenvalue weighted by Gasteiger charge is 2.16. The van der Waals surface area contributed by atoms with Gasteiger partial charge in [-0.3, -0.25) is 4.55 Å². The van der Waals surface area contributed by atoms with Gasteiger partial charge in [0.25, 0.3) is 10.1 Å². The van der Waals surface area contributed by atoms with E-state index in [1.807, 2.05) is 12.1 Å². The Labute approximate surface area is 169 Å². The molecule has 0 amide bonds. The van der Waals surface area contributed by atoms with Gasteiger partial charge in [-0.15, -0.1) is 0 Å². The van der Waals surface area contributed by atoms with E-state index in [1.54, 1.807) is 18.2 Å². The molecule has 154 valence electrons. The van der Waals surface area contributed by atoms with Crippen molar-refractivity contribution in [3.63, 3.8) is 0 Å². The van der Waals surface area contributed by atoms with Crippen molar-refractivity contribution < 1.29 is 17.7 Å². The average Bonchev–Trinajstić information content (AvgIpc) is 2.67. The van der Waals surface area contributed by atoms with Crippen LogP contribution in [0.25, 0.3) is 0 Å². The van der Waals surface area contributed by atoms with E-state index in [4.69, 9.17) is 4.74 Å². The molecule has 0 aliphatic rings. The summed E-state index contributed by atoms with van der Waals surface area (Å²) in [6.45, 7) is 2.24. The first kappa shape index (κ1) is 22.4. The van der Waals surface area contributed by atoms with Crippen LogP contribution in [-0.2, 0) is 16.5 Å². The van der Waals surface area contributed by atoms with E-state index < -0.39 is 10.1 Å². The molecule has 4 nitrogen and oxygen atoms in total. The Morgan fingerprint density at radius 2 is 1.46 bits per heavy atom. The van der Waals surface area contributed by atoms with E-state index in [9.17, 15) is 13.0 Å². The zero-order chi connectivity index (χ0) is 20.2. The smallest absolute Gasteiger partial charge is 0.298 e. The van der Waals surface area contributed by atoms with Crippen LogP contribution in [0.15, 0.2) is 53.4 Å². The summed E-state index contributed by atoms with van der Waals surface area (Å²) >= 11 is 0. The number of benzene rings is 2. The van der Waals surface area contributed by atoms with Crippen LogP contribution >= 0.6 is 0 Å². The van der Waals surface area contributed by atoms with Crippen molar-refractivity contribution in [2.45, 2.75) is 76.0 Å². The number of para-hydroxylation sites is 1. The molecule has 0 aliphatic heterocycles. The fourth-order valence-electron chi connectivity index (χ4n) is 3.28. The van der Waals surface area contributed by atoms with Crippen LogP contribution in [0.3, 0.4) is 0 Å². The summed E-state index contributed by atoms with van der Waals surface area (Å²) in [5, 5.41) is 0. The molecule has 2 aromatic rings. The third-order valence-corrected chi connectivity index (χ3v) is 5.72. The minimum absolute atomic E-state index is 0.130. The Kier molecular flexibility index (Phi) is 9.51. The van der Waals surface area contributed by atoms with Crippen molar-refractivity contribution in [2.24, 2.45) is 0 Å². The van der Waals surface area contributed by atoms with Crippen molar-refractivity contribution in [3.8, 4) is 11.5 Å². The van der Waals surface area contributed by atoms with Gasteiger partial charge >= 0.3 is 0 Å². The van der Waals surface area contributed by atoms with Crippen LogP contribution in [0.4, 0.5) is 0 Å². The monoisotopic (exact) mass is 404 g/mol. The van der Waals surface area contributed by atoms with Gasteiger partial charge < -0.3 is 4.74 Å². The molecule has 2 aromatic carbocycles. The lowest BCUT2D eigenvalue weighted by Crippen LogP contribution is -2.00. The van der Waals surface area contributed by atoms with Crippen LogP contribution in [0.5, 0.6) is 11.5 Å². The lowest BCUT2D eigenvalue weighted by molar-refractivity contribution is 0.449. The molecule has 28 heavy (non-hydrogen) atoms. The SMILES string of the molecule is CCCCCCCCCCCc1cccc(Oc2ccccc2S(=O)(=O)O)c1. The fraction of sp³-hybridized carbons (Fsp3) is 0.478. The summed E-state index contributed by atoms with van der Waals surface area (Å²) in [5.74, 6) is 0.703. The Morgan fingerprint density at radius 1 is 0.821 bits per heavy atom. The molecular formula is C23H32O4S. The third kappa shape index (κ3) is 8.03. The second-order valence-corrected chi connectivity index (χ2v) is 8.64. The first-order valence-electron chi connectivity index (χ1n) is 10.3. The van der Waals surface area contributed by atoms with Gasteiger partial charge in [0.2, 0.25) is 0 Å². The number of unbranched alkanes of at least 4 members (excludes halogenated alkanes) is 8.